The van der Waals surface area contributed by atoms with E-state index in [2.05, 4.69) is 10.0 Å². The van der Waals surface area contributed by atoms with Crippen LogP contribution < -0.4 is 10.0 Å². The second-order valence-corrected chi connectivity index (χ2v) is 6.05. The van der Waals surface area contributed by atoms with Gasteiger partial charge in [0.1, 0.15) is 0 Å². The molecule has 0 aromatic heterocycles. The first-order chi connectivity index (χ1) is 7.79. The molecule has 0 atom stereocenters. The van der Waals surface area contributed by atoms with Crippen molar-refractivity contribution in [3.8, 4) is 0 Å². The zero-order valence-electron chi connectivity index (χ0n) is 9.79. The monoisotopic (exact) mass is 310 g/mol. The lowest BCUT2D eigenvalue weighted by Crippen LogP contribution is -2.43. The molecule has 0 aliphatic carbocycles. The minimum atomic E-state index is -4.29. The van der Waals surface area contributed by atoms with Gasteiger partial charge in [-0.25, -0.2) is 13.1 Å². The SMILES string of the molecule is Cl.O=S(=O)(CCCC(F)(F)F)NC1CCNCC1. The number of alkyl halides is 3. The van der Waals surface area contributed by atoms with E-state index in [1.165, 1.54) is 0 Å². The third kappa shape index (κ3) is 8.12. The summed E-state index contributed by atoms with van der Waals surface area (Å²) in [6.45, 7) is 1.46. The van der Waals surface area contributed by atoms with Gasteiger partial charge in [0.05, 0.1) is 5.75 Å². The summed E-state index contributed by atoms with van der Waals surface area (Å²) in [6.07, 6.45) is -4.37. The molecule has 9 heteroatoms. The molecular formula is C9H18ClF3N2O2S. The second-order valence-electron chi connectivity index (χ2n) is 4.18. The van der Waals surface area contributed by atoms with Gasteiger partial charge in [0.15, 0.2) is 0 Å². The zero-order valence-corrected chi connectivity index (χ0v) is 11.4. The lowest BCUT2D eigenvalue weighted by molar-refractivity contribution is -0.134. The molecule has 0 aromatic rings. The maximum atomic E-state index is 11.9. The van der Waals surface area contributed by atoms with E-state index in [4.69, 9.17) is 0 Å². The van der Waals surface area contributed by atoms with Crippen molar-refractivity contribution in [1.29, 1.82) is 0 Å². The van der Waals surface area contributed by atoms with Gasteiger partial charge in [0.25, 0.3) is 0 Å². The number of hydrogen-bond acceptors (Lipinski definition) is 3. The average Bonchev–Trinajstić information content (AvgIpc) is 2.15. The van der Waals surface area contributed by atoms with E-state index >= 15 is 0 Å². The third-order valence-corrected chi connectivity index (χ3v) is 4.08. The zero-order chi connectivity index (χ0) is 12.9. The minimum Gasteiger partial charge on any atom is -0.317 e. The van der Waals surface area contributed by atoms with Crippen LogP contribution in [0.2, 0.25) is 0 Å². The van der Waals surface area contributed by atoms with Crippen molar-refractivity contribution < 1.29 is 21.6 Å². The fourth-order valence-electron chi connectivity index (χ4n) is 1.72. The van der Waals surface area contributed by atoms with E-state index in [1.54, 1.807) is 0 Å². The molecule has 0 unspecified atom stereocenters. The van der Waals surface area contributed by atoms with E-state index < -0.39 is 28.4 Å². The number of nitrogens with one attached hydrogen (secondary N) is 2. The highest BCUT2D eigenvalue weighted by Crippen LogP contribution is 2.21. The molecule has 110 valence electrons. The van der Waals surface area contributed by atoms with Gasteiger partial charge < -0.3 is 5.32 Å². The number of sulfonamides is 1. The molecule has 1 saturated heterocycles. The van der Waals surface area contributed by atoms with Crippen LogP contribution in [0.3, 0.4) is 0 Å². The molecule has 4 nitrogen and oxygen atoms in total. The summed E-state index contributed by atoms with van der Waals surface area (Å²) in [6, 6.07) is -0.146. The van der Waals surface area contributed by atoms with Crippen LogP contribution in [0.25, 0.3) is 0 Å². The van der Waals surface area contributed by atoms with E-state index in [9.17, 15) is 21.6 Å². The Labute approximate surface area is 111 Å². The Morgan fingerprint density at radius 3 is 2.28 bits per heavy atom. The maximum Gasteiger partial charge on any atom is 0.389 e. The van der Waals surface area contributed by atoms with Crippen molar-refractivity contribution in [2.45, 2.75) is 37.9 Å². The quantitative estimate of drug-likeness (QED) is 0.807. The number of rotatable bonds is 5. The van der Waals surface area contributed by atoms with Crippen LogP contribution in [0, 0.1) is 0 Å². The topological polar surface area (TPSA) is 58.2 Å². The van der Waals surface area contributed by atoms with E-state index in [1.807, 2.05) is 0 Å². The Morgan fingerprint density at radius 1 is 1.22 bits per heavy atom. The van der Waals surface area contributed by atoms with Crippen LogP contribution in [-0.4, -0.2) is 39.5 Å². The molecule has 1 rings (SSSR count). The summed E-state index contributed by atoms with van der Waals surface area (Å²) >= 11 is 0. The summed E-state index contributed by atoms with van der Waals surface area (Å²) in [4.78, 5) is 0. The van der Waals surface area contributed by atoms with Crippen LogP contribution in [0.1, 0.15) is 25.7 Å². The lowest BCUT2D eigenvalue weighted by atomic mass is 10.1. The van der Waals surface area contributed by atoms with E-state index in [0.717, 1.165) is 13.1 Å². The van der Waals surface area contributed by atoms with Gasteiger partial charge in [-0.05, 0) is 32.4 Å². The summed E-state index contributed by atoms with van der Waals surface area (Å²) in [5.74, 6) is -0.462. The molecule has 0 bridgehead atoms. The van der Waals surface area contributed by atoms with Gasteiger partial charge in [0.2, 0.25) is 10.0 Å². The van der Waals surface area contributed by atoms with Crippen LogP contribution in [-0.2, 0) is 10.0 Å². The highest BCUT2D eigenvalue weighted by atomic mass is 35.5. The third-order valence-electron chi connectivity index (χ3n) is 2.56. The predicted molar refractivity (Wildman–Crippen MR) is 65.4 cm³/mol. The molecule has 2 N–H and O–H groups in total. The number of halogens is 4. The maximum absolute atomic E-state index is 11.9. The van der Waals surface area contributed by atoms with Crippen molar-refractivity contribution in [3.63, 3.8) is 0 Å². The van der Waals surface area contributed by atoms with Gasteiger partial charge in [-0.3, -0.25) is 0 Å². The van der Waals surface area contributed by atoms with Crippen molar-refractivity contribution >= 4 is 22.4 Å². The molecule has 1 heterocycles. The first-order valence-electron chi connectivity index (χ1n) is 5.56. The first-order valence-corrected chi connectivity index (χ1v) is 7.21. The largest absolute Gasteiger partial charge is 0.389 e. The van der Waals surface area contributed by atoms with Crippen molar-refractivity contribution in [1.82, 2.24) is 10.0 Å². The summed E-state index contributed by atoms with van der Waals surface area (Å²) < 4.78 is 61.0. The van der Waals surface area contributed by atoms with Gasteiger partial charge in [0, 0.05) is 12.5 Å². The summed E-state index contributed by atoms with van der Waals surface area (Å²) in [5.41, 5.74) is 0. The van der Waals surface area contributed by atoms with Gasteiger partial charge in [-0.2, -0.15) is 13.2 Å². The Balaban J connectivity index is 0.00000289. The molecular weight excluding hydrogens is 293 g/mol. The van der Waals surface area contributed by atoms with Crippen molar-refractivity contribution in [2.24, 2.45) is 0 Å². The van der Waals surface area contributed by atoms with Crippen LogP contribution in [0.4, 0.5) is 13.2 Å². The fourth-order valence-corrected chi connectivity index (χ4v) is 3.10. The van der Waals surface area contributed by atoms with Gasteiger partial charge in [-0.1, -0.05) is 0 Å². The van der Waals surface area contributed by atoms with E-state index in [0.29, 0.717) is 12.8 Å². The Kier molecular flexibility index (Phi) is 7.50. The molecule has 1 aliphatic rings. The number of piperidine rings is 1. The van der Waals surface area contributed by atoms with E-state index in [-0.39, 0.29) is 24.9 Å². The molecule has 0 aromatic carbocycles. The molecule has 1 aliphatic heterocycles. The van der Waals surface area contributed by atoms with Gasteiger partial charge in [-0.15, -0.1) is 12.4 Å². The standard InChI is InChI=1S/C9H17F3N2O2S.ClH/c10-9(11,12)4-1-7-17(15,16)14-8-2-5-13-6-3-8;/h8,13-14H,1-7H2;1H. The molecule has 1 fully saturated rings. The Morgan fingerprint density at radius 2 is 1.78 bits per heavy atom. The normalized spacial score (nSPS) is 18.4. The number of hydrogen-bond donors (Lipinski definition) is 2. The van der Waals surface area contributed by atoms with Crippen LogP contribution in [0.5, 0.6) is 0 Å². The van der Waals surface area contributed by atoms with Crippen molar-refractivity contribution in [2.75, 3.05) is 18.8 Å². The van der Waals surface area contributed by atoms with Crippen LogP contribution >= 0.6 is 12.4 Å². The Hall–Kier alpha value is -0.0500. The highest BCUT2D eigenvalue weighted by molar-refractivity contribution is 7.89. The summed E-state index contributed by atoms with van der Waals surface area (Å²) in [7, 11) is -3.58. The first kappa shape index (κ1) is 17.9. The smallest absolute Gasteiger partial charge is 0.317 e. The average molecular weight is 311 g/mol. The van der Waals surface area contributed by atoms with Crippen molar-refractivity contribution in [3.05, 3.63) is 0 Å². The lowest BCUT2D eigenvalue weighted by Gasteiger charge is -2.23. The van der Waals surface area contributed by atoms with Gasteiger partial charge >= 0.3 is 6.18 Å². The fraction of sp³-hybridized carbons (Fsp3) is 1.00. The molecule has 0 spiro atoms. The predicted octanol–water partition coefficient (Wildman–Crippen LogP) is 1.42. The summed E-state index contributed by atoms with van der Waals surface area (Å²) in [5, 5.41) is 3.08. The molecule has 0 amide bonds. The molecule has 18 heavy (non-hydrogen) atoms. The second kappa shape index (κ2) is 7.52. The van der Waals surface area contributed by atoms with Crippen LogP contribution in [0.15, 0.2) is 0 Å². The molecule has 0 saturated carbocycles. The molecule has 0 radical (unpaired) electrons. The Bertz CT molecular complexity index is 329. The minimum absolute atomic E-state index is 0. The highest BCUT2D eigenvalue weighted by Gasteiger charge is 2.28.